The van der Waals surface area contributed by atoms with Crippen LogP contribution in [0.5, 0.6) is 0 Å². The van der Waals surface area contributed by atoms with Gasteiger partial charge in [-0.25, -0.2) is 0 Å². The summed E-state index contributed by atoms with van der Waals surface area (Å²) in [5.74, 6) is -0.148. The first-order valence-corrected chi connectivity index (χ1v) is 10.9. The zero-order chi connectivity index (χ0) is 21.1. The topological polar surface area (TPSA) is 17.1 Å². The van der Waals surface area contributed by atoms with Gasteiger partial charge in [-0.1, -0.05) is 96.1 Å². The summed E-state index contributed by atoms with van der Waals surface area (Å²) in [7, 11) is 0. The first-order valence-electron chi connectivity index (χ1n) is 10.5. The Morgan fingerprint density at radius 1 is 0.867 bits per heavy atom. The minimum absolute atomic E-state index is 0.153. The fourth-order valence-corrected chi connectivity index (χ4v) is 4.39. The molecule has 0 spiro atoms. The maximum Gasteiger partial charge on any atom is 0.171 e. The van der Waals surface area contributed by atoms with Gasteiger partial charge in [0, 0.05) is 4.86 Å². The van der Waals surface area contributed by atoms with Crippen LogP contribution in [0.25, 0.3) is 6.08 Å². The molecule has 0 aliphatic heterocycles. The largest absolute Gasteiger partial charge is 0.293 e. The van der Waals surface area contributed by atoms with E-state index in [4.69, 9.17) is 12.2 Å². The van der Waals surface area contributed by atoms with E-state index in [1.165, 1.54) is 22.3 Å². The Kier molecular flexibility index (Phi) is 6.06. The van der Waals surface area contributed by atoms with Gasteiger partial charge in [0.15, 0.2) is 5.78 Å². The third-order valence-electron chi connectivity index (χ3n) is 5.85. The predicted molar refractivity (Wildman–Crippen MR) is 129 cm³/mol. The first-order chi connectivity index (χ1) is 14.5. The maximum absolute atomic E-state index is 13.4. The van der Waals surface area contributed by atoms with Gasteiger partial charge in [-0.3, -0.25) is 4.79 Å². The number of Topliss-reactive ketones (excluding diaryl/α,β-unsaturated/α-hetero) is 1. The van der Waals surface area contributed by atoms with E-state index >= 15 is 0 Å². The van der Waals surface area contributed by atoms with E-state index in [0.29, 0.717) is 0 Å². The Bertz CT molecular complexity index is 1100. The Labute approximate surface area is 184 Å². The molecule has 3 aromatic rings. The first kappa shape index (κ1) is 20.4. The van der Waals surface area contributed by atoms with E-state index < -0.39 is 0 Å². The number of hydrogen-bond donors (Lipinski definition) is 0. The van der Waals surface area contributed by atoms with Gasteiger partial charge in [0.1, 0.15) is 0 Å². The highest BCUT2D eigenvalue weighted by Crippen LogP contribution is 2.33. The van der Waals surface area contributed by atoms with Crippen molar-refractivity contribution < 1.29 is 4.79 Å². The number of hydrogen-bond acceptors (Lipinski definition) is 2. The number of benzene rings is 3. The van der Waals surface area contributed by atoms with E-state index in [0.717, 1.165) is 40.8 Å². The van der Waals surface area contributed by atoms with Crippen molar-refractivity contribution in [1.29, 1.82) is 0 Å². The Morgan fingerprint density at radius 2 is 1.50 bits per heavy atom. The van der Waals surface area contributed by atoms with Crippen LogP contribution in [-0.2, 0) is 11.2 Å². The molecule has 4 rings (SSSR count). The molecule has 1 nitrogen and oxygen atoms in total. The van der Waals surface area contributed by atoms with Gasteiger partial charge in [-0.05, 0) is 67.0 Å². The molecule has 0 radical (unpaired) electrons. The van der Waals surface area contributed by atoms with Gasteiger partial charge < -0.3 is 0 Å². The summed E-state index contributed by atoms with van der Waals surface area (Å²) in [6.45, 7) is 4.16. The molecule has 3 aromatic carbocycles. The number of carbonyl (C=O) groups excluding carboxylic acids is 1. The molecule has 30 heavy (non-hydrogen) atoms. The minimum atomic E-state index is -0.301. The summed E-state index contributed by atoms with van der Waals surface area (Å²) in [5, 5.41) is 0. The number of ketones is 1. The average Bonchev–Trinajstić information content (AvgIpc) is 2.74. The van der Waals surface area contributed by atoms with Gasteiger partial charge in [0.25, 0.3) is 0 Å². The summed E-state index contributed by atoms with van der Waals surface area (Å²) < 4.78 is 0. The lowest BCUT2D eigenvalue weighted by Gasteiger charge is -2.25. The van der Waals surface area contributed by atoms with Crippen molar-refractivity contribution in [3.8, 4) is 0 Å². The zero-order valence-corrected chi connectivity index (χ0v) is 18.3. The van der Waals surface area contributed by atoms with E-state index in [9.17, 15) is 4.79 Å². The lowest BCUT2D eigenvalue weighted by molar-refractivity contribution is -0.115. The molecule has 1 unspecified atom stereocenters. The molecule has 0 aromatic heterocycles. The molecule has 0 amide bonds. The van der Waals surface area contributed by atoms with Crippen LogP contribution in [0.3, 0.4) is 0 Å². The summed E-state index contributed by atoms with van der Waals surface area (Å²) in [6, 6.07) is 25.2. The van der Waals surface area contributed by atoms with Crippen molar-refractivity contribution in [2.24, 2.45) is 0 Å². The fraction of sp³-hybridized carbons (Fsp3) is 0.214. The van der Waals surface area contributed by atoms with Crippen molar-refractivity contribution in [2.75, 3.05) is 0 Å². The number of aryl methyl sites for hydroxylation is 2. The number of thiocarbonyl (C=S) groups is 1. The molecule has 1 saturated carbocycles. The Morgan fingerprint density at radius 3 is 2.20 bits per heavy atom. The van der Waals surface area contributed by atoms with Crippen LogP contribution in [0.2, 0.25) is 0 Å². The lowest BCUT2D eigenvalue weighted by atomic mass is 9.79. The molecule has 150 valence electrons. The third-order valence-corrected chi connectivity index (χ3v) is 6.29. The number of carbonyl (C=O) groups is 1. The van der Waals surface area contributed by atoms with Gasteiger partial charge in [0.2, 0.25) is 0 Å². The highest BCUT2D eigenvalue weighted by molar-refractivity contribution is 7.80. The standard InChI is InChI=1S/C28H26OS/c1-19-7-11-21(12-8-19)17-23-5-3-4-6-24(23)18-25-15-16-26(30)27(28(25)29)22-13-9-20(2)10-14-22/h3-14,18,27H,15-17H2,1-2H3/b25-18+. The zero-order valence-electron chi connectivity index (χ0n) is 17.5. The van der Waals surface area contributed by atoms with Crippen molar-refractivity contribution in [2.45, 2.75) is 39.0 Å². The van der Waals surface area contributed by atoms with Crippen LogP contribution in [0.4, 0.5) is 0 Å². The predicted octanol–water partition coefficient (Wildman–Crippen LogP) is 6.79. The third kappa shape index (κ3) is 4.49. The maximum atomic E-state index is 13.4. The van der Waals surface area contributed by atoms with Gasteiger partial charge in [-0.2, -0.15) is 0 Å². The Balaban J connectivity index is 1.64. The smallest absolute Gasteiger partial charge is 0.171 e. The molecule has 0 N–H and O–H groups in total. The fourth-order valence-electron chi connectivity index (χ4n) is 4.05. The molecular weight excluding hydrogens is 384 g/mol. The van der Waals surface area contributed by atoms with E-state index in [1.807, 2.05) is 18.2 Å². The molecule has 1 atom stereocenters. The van der Waals surface area contributed by atoms with Crippen LogP contribution < -0.4 is 0 Å². The molecule has 2 heteroatoms. The van der Waals surface area contributed by atoms with Gasteiger partial charge >= 0.3 is 0 Å². The molecule has 0 heterocycles. The second-order valence-corrected chi connectivity index (χ2v) is 8.73. The molecule has 1 aliphatic carbocycles. The second kappa shape index (κ2) is 8.89. The van der Waals surface area contributed by atoms with Gasteiger partial charge in [-0.15, -0.1) is 0 Å². The summed E-state index contributed by atoms with van der Waals surface area (Å²) in [4.78, 5) is 14.2. The van der Waals surface area contributed by atoms with Crippen molar-refractivity contribution in [1.82, 2.24) is 0 Å². The SMILES string of the molecule is Cc1ccc(Cc2ccccc2/C=C2\CCC(=S)C(c3ccc(C)cc3)C2=O)cc1. The van der Waals surface area contributed by atoms with Crippen LogP contribution in [-0.4, -0.2) is 10.6 Å². The Hall–Kier alpha value is -2.84. The second-order valence-electron chi connectivity index (χ2n) is 8.21. The number of allylic oxidation sites excluding steroid dienone is 1. The summed E-state index contributed by atoms with van der Waals surface area (Å²) >= 11 is 5.61. The van der Waals surface area contributed by atoms with Crippen LogP contribution in [0.15, 0.2) is 78.4 Å². The van der Waals surface area contributed by atoms with Crippen molar-refractivity contribution >= 4 is 28.9 Å². The summed E-state index contributed by atoms with van der Waals surface area (Å²) in [6.07, 6.45) is 4.45. The van der Waals surface area contributed by atoms with E-state index in [1.54, 1.807) is 0 Å². The highest BCUT2D eigenvalue weighted by Gasteiger charge is 2.31. The van der Waals surface area contributed by atoms with Crippen molar-refractivity contribution in [3.05, 3.63) is 112 Å². The summed E-state index contributed by atoms with van der Waals surface area (Å²) in [5.41, 5.74) is 7.98. The molecule has 0 saturated heterocycles. The minimum Gasteiger partial charge on any atom is -0.293 e. The number of rotatable bonds is 4. The normalized spacial score (nSPS) is 18.1. The molecular formula is C28H26OS. The van der Waals surface area contributed by atoms with E-state index in [-0.39, 0.29) is 11.7 Å². The van der Waals surface area contributed by atoms with Gasteiger partial charge in [0.05, 0.1) is 5.92 Å². The average molecular weight is 411 g/mol. The van der Waals surface area contributed by atoms with Crippen LogP contribution in [0.1, 0.15) is 52.1 Å². The monoisotopic (exact) mass is 410 g/mol. The quantitative estimate of drug-likeness (QED) is 0.348. The molecule has 1 fully saturated rings. The van der Waals surface area contributed by atoms with Crippen LogP contribution >= 0.6 is 12.2 Å². The lowest BCUT2D eigenvalue weighted by Crippen LogP contribution is -2.27. The van der Waals surface area contributed by atoms with Crippen molar-refractivity contribution in [3.63, 3.8) is 0 Å². The highest BCUT2D eigenvalue weighted by atomic mass is 32.1. The van der Waals surface area contributed by atoms with E-state index in [2.05, 4.69) is 74.5 Å². The molecule has 1 aliphatic rings. The van der Waals surface area contributed by atoms with Crippen LogP contribution in [0, 0.1) is 13.8 Å². The molecule has 0 bridgehead atoms.